The van der Waals surface area contributed by atoms with E-state index in [0.29, 0.717) is 33.3 Å². The zero-order chi connectivity index (χ0) is 18.3. The number of hydrazine groups is 1. The average Bonchev–Trinajstić information content (AvgIpc) is 3.16. The second-order valence-electron chi connectivity index (χ2n) is 5.74. The number of aromatic nitrogens is 4. The van der Waals surface area contributed by atoms with Crippen molar-refractivity contribution < 1.29 is 8.42 Å². The molecule has 3 aromatic heterocycles. The molecule has 1 aliphatic rings. The second-order valence-corrected chi connectivity index (χ2v) is 9.17. The molecule has 0 amide bonds. The van der Waals surface area contributed by atoms with Gasteiger partial charge in [0, 0.05) is 17.7 Å². The first-order chi connectivity index (χ1) is 12.5. The fourth-order valence-electron chi connectivity index (χ4n) is 2.34. The highest BCUT2D eigenvalue weighted by Crippen LogP contribution is 2.40. The lowest BCUT2D eigenvalue weighted by Crippen LogP contribution is -2.29. The first-order valence-electron chi connectivity index (χ1n) is 7.64. The molecule has 136 valence electrons. The molecule has 0 saturated heterocycles. The van der Waals surface area contributed by atoms with E-state index in [1.807, 2.05) is 6.07 Å². The zero-order valence-corrected chi connectivity index (χ0v) is 15.6. The first-order valence-corrected chi connectivity index (χ1v) is 10.3. The van der Waals surface area contributed by atoms with Crippen LogP contribution in [0.2, 0.25) is 5.02 Å². The summed E-state index contributed by atoms with van der Waals surface area (Å²) >= 11 is 7.18. The van der Waals surface area contributed by atoms with Crippen LogP contribution in [-0.2, 0) is 10.0 Å². The number of anilines is 2. The normalized spacial score (nSPS) is 14.5. The van der Waals surface area contributed by atoms with Gasteiger partial charge in [-0.25, -0.2) is 18.4 Å². The quantitative estimate of drug-likeness (QED) is 0.360. The Morgan fingerprint density at radius 1 is 1.35 bits per heavy atom. The molecule has 0 atom stereocenters. The van der Waals surface area contributed by atoms with Crippen LogP contribution in [0.15, 0.2) is 28.6 Å². The van der Waals surface area contributed by atoms with Crippen LogP contribution in [0, 0.1) is 0 Å². The summed E-state index contributed by atoms with van der Waals surface area (Å²) in [6.45, 7) is 0. The van der Waals surface area contributed by atoms with Crippen LogP contribution >= 0.6 is 22.9 Å². The minimum Gasteiger partial charge on any atom is -0.322 e. The summed E-state index contributed by atoms with van der Waals surface area (Å²) in [4.78, 5) is 10.9. The van der Waals surface area contributed by atoms with Gasteiger partial charge in [0.25, 0.3) is 10.0 Å². The number of hydrogen-bond donors (Lipinski definition) is 4. The maximum absolute atomic E-state index is 11.8. The molecule has 3 aromatic rings. The number of rotatable bonds is 6. The van der Waals surface area contributed by atoms with Crippen LogP contribution in [0.25, 0.3) is 10.7 Å². The molecule has 1 fully saturated rings. The van der Waals surface area contributed by atoms with Crippen LogP contribution in [0.1, 0.15) is 24.5 Å². The van der Waals surface area contributed by atoms with Crippen molar-refractivity contribution in [1.29, 1.82) is 0 Å². The van der Waals surface area contributed by atoms with E-state index in [1.54, 1.807) is 10.9 Å². The maximum atomic E-state index is 11.8. The molecule has 0 spiro atoms. The van der Waals surface area contributed by atoms with Crippen LogP contribution in [0.3, 0.4) is 0 Å². The molecule has 3 heterocycles. The smallest absolute Gasteiger partial charge is 0.262 e. The van der Waals surface area contributed by atoms with Crippen molar-refractivity contribution in [3.63, 3.8) is 0 Å². The Morgan fingerprint density at radius 3 is 2.88 bits per heavy atom. The van der Waals surface area contributed by atoms with Gasteiger partial charge in [-0.05, 0) is 25.0 Å². The Hall–Kier alpha value is -2.05. The number of thiophene rings is 1. The van der Waals surface area contributed by atoms with Gasteiger partial charge in [0.15, 0.2) is 17.5 Å². The molecule has 26 heavy (non-hydrogen) atoms. The molecule has 4 rings (SSSR count). The Balaban J connectivity index is 1.61. The first kappa shape index (κ1) is 17.4. The van der Waals surface area contributed by atoms with Gasteiger partial charge in [0.05, 0.1) is 11.1 Å². The number of sulfonamides is 1. The Bertz CT molecular complexity index is 1060. The molecule has 0 aromatic carbocycles. The zero-order valence-electron chi connectivity index (χ0n) is 13.2. The molecular formula is C14H14ClN7O2S2. The highest BCUT2D eigenvalue weighted by Gasteiger charge is 2.25. The summed E-state index contributed by atoms with van der Waals surface area (Å²) in [5.74, 6) is 6.94. The van der Waals surface area contributed by atoms with Crippen molar-refractivity contribution in [1.82, 2.24) is 25.0 Å². The summed E-state index contributed by atoms with van der Waals surface area (Å²) in [7, 11) is -3.72. The summed E-state index contributed by atoms with van der Waals surface area (Å²) in [5.41, 5.74) is 1.08. The van der Waals surface area contributed by atoms with E-state index < -0.39 is 10.0 Å². The third-order valence-electron chi connectivity index (χ3n) is 3.83. The molecule has 5 N–H and O–H groups in total. The fraction of sp³-hybridized carbons (Fsp3) is 0.214. The van der Waals surface area contributed by atoms with Crippen LogP contribution in [0.5, 0.6) is 0 Å². The Kier molecular flexibility index (Phi) is 4.40. The van der Waals surface area contributed by atoms with Gasteiger partial charge in [0.1, 0.15) is 9.23 Å². The maximum Gasteiger partial charge on any atom is 0.262 e. The van der Waals surface area contributed by atoms with Gasteiger partial charge in [-0.15, -0.1) is 16.2 Å². The summed E-state index contributed by atoms with van der Waals surface area (Å²) < 4.78 is 23.6. The van der Waals surface area contributed by atoms with Crippen molar-refractivity contribution in [3.8, 4) is 10.7 Å². The van der Waals surface area contributed by atoms with Gasteiger partial charge < -0.3 is 5.32 Å². The van der Waals surface area contributed by atoms with Crippen molar-refractivity contribution >= 4 is 44.6 Å². The highest BCUT2D eigenvalue weighted by atomic mass is 35.5. The van der Waals surface area contributed by atoms with E-state index in [-0.39, 0.29) is 4.21 Å². The lowest BCUT2D eigenvalue weighted by atomic mass is 10.3. The number of halogens is 1. The molecule has 1 saturated carbocycles. The standard InChI is InChI=1S/C14H14ClN7O2S2/c15-8-6-17-14(10-3-4-12(25-10)26(23,24)22-16)19-13(8)18-11-5-9(20-21-11)7-1-2-7/h3-7,22H,1-2,16H2,(H2,17,18,19,20,21). The topological polar surface area (TPSA) is 139 Å². The third kappa shape index (κ3) is 3.44. The summed E-state index contributed by atoms with van der Waals surface area (Å²) in [5, 5.41) is 10.6. The molecule has 12 heteroatoms. The number of aromatic amines is 1. The predicted molar refractivity (Wildman–Crippen MR) is 98.7 cm³/mol. The molecule has 0 unspecified atom stereocenters. The fourth-order valence-corrected chi connectivity index (χ4v) is 4.37. The molecule has 0 radical (unpaired) electrons. The number of H-pyrrole nitrogens is 1. The monoisotopic (exact) mass is 411 g/mol. The minimum atomic E-state index is -3.72. The van der Waals surface area contributed by atoms with E-state index in [2.05, 4.69) is 25.5 Å². The van der Waals surface area contributed by atoms with Gasteiger partial charge in [0.2, 0.25) is 0 Å². The number of nitrogens with two attached hydrogens (primary N) is 1. The lowest BCUT2D eigenvalue weighted by molar-refractivity contribution is 0.586. The second kappa shape index (κ2) is 6.59. The Morgan fingerprint density at radius 2 is 2.15 bits per heavy atom. The van der Waals surface area contributed by atoms with Gasteiger partial charge >= 0.3 is 0 Å². The highest BCUT2D eigenvalue weighted by molar-refractivity contribution is 7.91. The average molecular weight is 412 g/mol. The van der Waals surface area contributed by atoms with Gasteiger partial charge in [-0.2, -0.15) is 5.10 Å². The largest absolute Gasteiger partial charge is 0.322 e. The molecule has 1 aliphatic carbocycles. The lowest BCUT2D eigenvalue weighted by Gasteiger charge is -2.05. The van der Waals surface area contributed by atoms with E-state index >= 15 is 0 Å². The van der Waals surface area contributed by atoms with E-state index in [1.165, 1.54) is 25.1 Å². The number of hydrogen-bond acceptors (Lipinski definition) is 8. The predicted octanol–water partition coefficient (Wildman–Crippen LogP) is 2.35. The molecule has 0 aliphatic heterocycles. The van der Waals surface area contributed by atoms with Crippen LogP contribution in [-0.4, -0.2) is 28.6 Å². The Labute approximate surface area is 158 Å². The van der Waals surface area contributed by atoms with Crippen molar-refractivity contribution in [2.24, 2.45) is 5.84 Å². The number of nitrogens with one attached hydrogen (secondary N) is 3. The van der Waals surface area contributed by atoms with Crippen molar-refractivity contribution in [2.45, 2.75) is 23.0 Å². The summed E-state index contributed by atoms with van der Waals surface area (Å²) in [6, 6.07) is 4.98. The molecule has 0 bridgehead atoms. The number of nitrogens with zero attached hydrogens (tertiary/aromatic N) is 3. The van der Waals surface area contributed by atoms with Crippen LogP contribution in [0.4, 0.5) is 11.6 Å². The van der Waals surface area contributed by atoms with E-state index in [4.69, 9.17) is 17.4 Å². The minimum absolute atomic E-state index is 0.0736. The summed E-state index contributed by atoms with van der Waals surface area (Å²) in [6.07, 6.45) is 3.79. The van der Waals surface area contributed by atoms with Gasteiger partial charge in [-0.3, -0.25) is 10.9 Å². The van der Waals surface area contributed by atoms with E-state index in [9.17, 15) is 8.42 Å². The molecular weight excluding hydrogens is 398 g/mol. The van der Waals surface area contributed by atoms with Crippen molar-refractivity contribution in [3.05, 3.63) is 35.1 Å². The van der Waals surface area contributed by atoms with Crippen LogP contribution < -0.4 is 16.0 Å². The van der Waals surface area contributed by atoms with Gasteiger partial charge in [-0.1, -0.05) is 11.6 Å². The third-order valence-corrected chi connectivity index (χ3v) is 6.86. The van der Waals surface area contributed by atoms with Crippen molar-refractivity contribution in [2.75, 3.05) is 5.32 Å². The SMILES string of the molecule is NNS(=O)(=O)c1ccc(-c2ncc(Cl)c(Nc3cc(C4CC4)[nH]n3)n2)s1. The molecule has 9 nitrogen and oxygen atoms in total. The van der Waals surface area contributed by atoms with E-state index in [0.717, 1.165) is 17.0 Å².